The van der Waals surface area contributed by atoms with Crippen LogP contribution in [0, 0.1) is 6.92 Å². The molecule has 0 spiro atoms. The van der Waals surface area contributed by atoms with Crippen LogP contribution in [0.15, 0.2) is 35.7 Å². The number of nitrogens with one attached hydrogen (secondary N) is 1. The molecule has 1 amide bonds. The summed E-state index contributed by atoms with van der Waals surface area (Å²) >= 11 is 7.22. The summed E-state index contributed by atoms with van der Waals surface area (Å²) in [5.41, 5.74) is 1.00. The molecule has 0 aliphatic carbocycles. The van der Waals surface area contributed by atoms with Crippen LogP contribution in [0.25, 0.3) is 0 Å². The second kappa shape index (κ2) is 6.59. The van der Waals surface area contributed by atoms with Crippen molar-refractivity contribution in [3.63, 3.8) is 0 Å². The number of amides is 1. The largest absolute Gasteiger partial charge is 0.492 e. The lowest BCUT2D eigenvalue weighted by atomic mass is 10.3. The molecular formula is C14H14ClNO2S. The van der Waals surface area contributed by atoms with Crippen LogP contribution < -0.4 is 10.1 Å². The van der Waals surface area contributed by atoms with Crippen LogP contribution in [0.1, 0.15) is 15.2 Å². The van der Waals surface area contributed by atoms with Crippen molar-refractivity contribution in [3.8, 4) is 5.75 Å². The second-order valence-electron chi connectivity index (χ2n) is 3.99. The number of hydrogen-bond acceptors (Lipinski definition) is 3. The van der Waals surface area contributed by atoms with Gasteiger partial charge in [0.25, 0.3) is 5.91 Å². The van der Waals surface area contributed by atoms with Crippen molar-refractivity contribution in [2.24, 2.45) is 0 Å². The van der Waals surface area contributed by atoms with Crippen molar-refractivity contribution in [1.29, 1.82) is 0 Å². The Morgan fingerprint density at radius 3 is 2.68 bits per heavy atom. The molecule has 0 fully saturated rings. The van der Waals surface area contributed by atoms with Gasteiger partial charge < -0.3 is 10.1 Å². The first kappa shape index (κ1) is 13.9. The van der Waals surface area contributed by atoms with Gasteiger partial charge in [0.1, 0.15) is 12.4 Å². The van der Waals surface area contributed by atoms with Crippen LogP contribution in [-0.2, 0) is 0 Å². The zero-order chi connectivity index (χ0) is 13.7. The summed E-state index contributed by atoms with van der Waals surface area (Å²) in [5.74, 6) is 0.693. The van der Waals surface area contributed by atoms with Gasteiger partial charge in [-0.15, -0.1) is 11.3 Å². The minimum atomic E-state index is -0.0489. The molecule has 0 aliphatic rings. The van der Waals surface area contributed by atoms with Crippen LogP contribution >= 0.6 is 22.9 Å². The van der Waals surface area contributed by atoms with E-state index in [1.165, 1.54) is 11.3 Å². The Hall–Kier alpha value is -1.52. The van der Waals surface area contributed by atoms with Crippen molar-refractivity contribution in [2.75, 3.05) is 13.2 Å². The average molecular weight is 296 g/mol. The van der Waals surface area contributed by atoms with Crippen LogP contribution in [0.2, 0.25) is 5.02 Å². The van der Waals surface area contributed by atoms with Gasteiger partial charge in [0.2, 0.25) is 0 Å². The van der Waals surface area contributed by atoms with Crippen LogP contribution in [0.4, 0.5) is 0 Å². The van der Waals surface area contributed by atoms with Gasteiger partial charge in [-0.05, 0) is 48.2 Å². The first-order valence-electron chi connectivity index (χ1n) is 5.87. The topological polar surface area (TPSA) is 38.3 Å². The fourth-order valence-electron chi connectivity index (χ4n) is 1.55. The monoisotopic (exact) mass is 295 g/mol. The Morgan fingerprint density at radius 1 is 1.32 bits per heavy atom. The Morgan fingerprint density at radius 2 is 2.05 bits per heavy atom. The molecule has 1 aromatic carbocycles. The van der Waals surface area contributed by atoms with E-state index >= 15 is 0 Å². The first-order valence-corrected chi connectivity index (χ1v) is 7.13. The number of hydrogen-bond donors (Lipinski definition) is 1. The molecule has 5 heteroatoms. The van der Waals surface area contributed by atoms with Gasteiger partial charge in [-0.3, -0.25) is 4.79 Å². The van der Waals surface area contributed by atoms with Gasteiger partial charge in [-0.1, -0.05) is 11.6 Å². The van der Waals surface area contributed by atoms with Gasteiger partial charge in [-0.2, -0.15) is 0 Å². The highest BCUT2D eigenvalue weighted by atomic mass is 35.5. The third-order valence-electron chi connectivity index (χ3n) is 2.54. The molecule has 1 N–H and O–H groups in total. The molecule has 0 saturated heterocycles. The highest BCUT2D eigenvalue weighted by molar-refractivity contribution is 7.12. The molecule has 0 atom stereocenters. The lowest BCUT2D eigenvalue weighted by Crippen LogP contribution is -2.27. The first-order chi connectivity index (χ1) is 9.16. The number of ether oxygens (including phenoxy) is 1. The van der Waals surface area contributed by atoms with Gasteiger partial charge in [0.05, 0.1) is 11.4 Å². The van der Waals surface area contributed by atoms with Gasteiger partial charge in [0, 0.05) is 5.02 Å². The Bertz CT molecular complexity index is 551. The van der Waals surface area contributed by atoms with E-state index in [2.05, 4.69) is 5.32 Å². The second-order valence-corrected chi connectivity index (χ2v) is 5.34. The van der Waals surface area contributed by atoms with Crippen molar-refractivity contribution in [2.45, 2.75) is 6.92 Å². The summed E-state index contributed by atoms with van der Waals surface area (Å²) in [6.45, 7) is 2.83. The van der Waals surface area contributed by atoms with Gasteiger partial charge >= 0.3 is 0 Å². The van der Waals surface area contributed by atoms with E-state index in [-0.39, 0.29) is 5.91 Å². The average Bonchev–Trinajstić information content (AvgIpc) is 2.83. The normalized spacial score (nSPS) is 10.2. The van der Waals surface area contributed by atoms with E-state index < -0.39 is 0 Å². The number of carbonyl (C=O) groups excluding carboxylic acids is 1. The minimum absolute atomic E-state index is 0.0489. The third kappa shape index (κ3) is 3.98. The van der Waals surface area contributed by atoms with Crippen molar-refractivity contribution < 1.29 is 9.53 Å². The number of carbonyl (C=O) groups is 1. The lowest BCUT2D eigenvalue weighted by molar-refractivity contribution is 0.0950. The summed E-state index contributed by atoms with van der Waals surface area (Å²) in [4.78, 5) is 12.6. The van der Waals surface area contributed by atoms with Crippen LogP contribution in [0.5, 0.6) is 5.75 Å². The molecule has 0 unspecified atom stereocenters. The molecule has 0 radical (unpaired) electrons. The number of thiophene rings is 1. The van der Waals surface area contributed by atoms with E-state index in [0.717, 1.165) is 16.2 Å². The van der Waals surface area contributed by atoms with Gasteiger partial charge in [-0.25, -0.2) is 0 Å². The fourth-order valence-corrected chi connectivity index (χ4v) is 2.52. The molecule has 1 heterocycles. The van der Waals surface area contributed by atoms with E-state index in [1.54, 1.807) is 24.3 Å². The van der Waals surface area contributed by atoms with Crippen molar-refractivity contribution in [1.82, 2.24) is 5.32 Å². The molecule has 0 aliphatic heterocycles. The Labute approximate surface area is 121 Å². The maximum Gasteiger partial charge on any atom is 0.261 e. The van der Waals surface area contributed by atoms with Crippen LogP contribution in [0.3, 0.4) is 0 Å². The summed E-state index contributed by atoms with van der Waals surface area (Å²) in [6, 6.07) is 9.07. The highest BCUT2D eigenvalue weighted by Gasteiger charge is 2.09. The number of rotatable bonds is 5. The maximum atomic E-state index is 11.8. The molecule has 100 valence electrons. The number of aryl methyl sites for hydroxylation is 1. The predicted molar refractivity (Wildman–Crippen MR) is 78.3 cm³/mol. The van der Waals surface area contributed by atoms with Gasteiger partial charge in [0.15, 0.2) is 0 Å². The Balaban J connectivity index is 1.74. The third-order valence-corrected chi connectivity index (χ3v) is 3.81. The standard InChI is InChI=1S/C14H14ClNO2S/c1-10-6-9-19-13(10)14(17)16-7-8-18-12-4-2-11(15)3-5-12/h2-6,9H,7-8H2,1H3,(H,16,17). The SMILES string of the molecule is Cc1ccsc1C(=O)NCCOc1ccc(Cl)cc1. The molecule has 2 aromatic rings. The predicted octanol–water partition coefficient (Wildman–Crippen LogP) is 3.52. The molecule has 0 saturated carbocycles. The Kier molecular flexibility index (Phi) is 4.82. The van der Waals surface area contributed by atoms with Crippen molar-refractivity contribution >= 4 is 28.8 Å². The van der Waals surface area contributed by atoms with Crippen molar-refractivity contribution in [3.05, 3.63) is 51.2 Å². The molecule has 1 aromatic heterocycles. The molecule has 3 nitrogen and oxygen atoms in total. The summed E-state index contributed by atoms with van der Waals surface area (Å²) in [5, 5.41) is 5.41. The molecule has 0 bridgehead atoms. The van der Waals surface area contributed by atoms with E-state index in [4.69, 9.17) is 16.3 Å². The quantitative estimate of drug-likeness (QED) is 0.857. The summed E-state index contributed by atoms with van der Waals surface area (Å²) < 4.78 is 5.49. The molecule has 19 heavy (non-hydrogen) atoms. The van der Waals surface area contributed by atoms with E-state index in [1.807, 2.05) is 18.4 Å². The zero-order valence-electron chi connectivity index (χ0n) is 10.5. The lowest BCUT2D eigenvalue weighted by Gasteiger charge is -2.07. The van der Waals surface area contributed by atoms with E-state index in [0.29, 0.717) is 18.2 Å². The van der Waals surface area contributed by atoms with E-state index in [9.17, 15) is 4.79 Å². The number of halogens is 1. The maximum absolute atomic E-state index is 11.8. The summed E-state index contributed by atoms with van der Waals surface area (Å²) in [7, 11) is 0. The number of benzene rings is 1. The summed E-state index contributed by atoms with van der Waals surface area (Å²) in [6.07, 6.45) is 0. The van der Waals surface area contributed by atoms with Crippen LogP contribution in [-0.4, -0.2) is 19.1 Å². The highest BCUT2D eigenvalue weighted by Crippen LogP contribution is 2.16. The molecular weight excluding hydrogens is 282 g/mol. The molecule has 2 rings (SSSR count). The fraction of sp³-hybridized carbons (Fsp3) is 0.214. The zero-order valence-corrected chi connectivity index (χ0v) is 12.1. The minimum Gasteiger partial charge on any atom is -0.492 e. The smallest absolute Gasteiger partial charge is 0.261 e.